The molecule has 0 aliphatic carbocycles. The minimum Gasteiger partial charge on any atom is -0.204 e. The summed E-state index contributed by atoms with van der Waals surface area (Å²) in [6.07, 6.45) is 0. The molecule has 90 valence electrons. The number of hydrogen-bond donors (Lipinski definition) is 0. The van der Waals surface area contributed by atoms with E-state index >= 15 is 0 Å². The molecule has 1 heterocycles. The lowest BCUT2D eigenvalue weighted by molar-refractivity contribution is 0.507. The van der Waals surface area contributed by atoms with Gasteiger partial charge in [-0.2, -0.15) is 0 Å². The highest BCUT2D eigenvalue weighted by atomic mass is 79.9. The summed E-state index contributed by atoms with van der Waals surface area (Å²) in [6, 6.07) is 5.38. The average molecular weight is 358 g/mol. The molecule has 1 aromatic carbocycles. The Hall–Kier alpha value is -0.160. The second-order valence-electron chi connectivity index (χ2n) is 3.31. The summed E-state index contributed by atoms with van der Waals surface area (Å²) in [5, 5.41) is -0.543. The monoisotopic (exact) mass is 356 g/mol. The Kier molecular flexibility index (Phi) is 4.08. The van der Waals surface area contributed by atoms with E-state index in [0.717, 1.165) is 21.5 Å². The molecule has 0 nitrogen and oxygen atoms in total. The van der Waals surface area contributed by atoms with Crippen LogP contribution in [-0.4, -0.2) is 0 Å². The van der Waals surface area contributed by atoms with Crippen molar-refractivity contribution in [2.45, 2.75) is 5.38 Å². The van der Waals surface area contributed by atoms with Crippen LogP contribution in [0.3, 0.4) is 0 Å². The van der Waals surface area contributed by atoms with Gasteiger partial charge < -0.3 is 0 Å². The minimum absolute atomic E-state index is 0.496. The first-order valence-corrected chi connectivity index (χ1v) is 6.95. The van der Waals surface area contributed by atoms with Crippen molar-refractivity contribution in [3.8, 4) is 0 Å². The Morgan fingerprint density at radius 3 is 2.41 bits per heavy atom. The predicted molar refractivity (Wildman–Crippen MR) is 71.1 cm³/mol. The van der Waals surface area contributed by atoms with Crippen molar-refractivity contribution in [2.75, 3.05) is 0 Å². The normalized spacial score (nSPS) is 12.8. The van der Waals surface area contributed by atoms with E-state index in [2.05, 4.69) is 15.9 Å². The van der Waals surface area contributed by atoms with E-state index in [1.807, 2.05) is 0 Å². The molecule has 2 rings (SSSR count). The summed E-state index contributed by atoms with van der Waals surface area (Å²) in [4.78, 5) is 0.773. The summed E-state index contributed by atoms with van der Waals surface area (Å²) in [6.45, 7) is 0. The van der Waals surface area contributed by atoms with Crippen molar-refractivity contribution in [3.63, 3.8) is 0 Å². The Morgan fingerprint density at radius 2 is 1.88 bits per heavy atom. The second-order valence-corrected chi connectivity index (χ2v) is 6.28. The summed E-state index contributed by atoms with van der Waals surface area (Å²) < 4.78 is 27.2. The third-order valence-electron chi connectivity index (χ3n) is 2.15. The molecular weight excluding hydrogens is 353 g/mol. The fourth-order valence-electron chi connectivity index (χ4n) is 1.32. The third-order valence-corrected chi connectivity index (χ3v) is 5.31. The van der Waals surface area contributed by atoms with E-state index in [0.29, 0.717) is 9.90 Å². The van der Waals surface area contributed by atoms with E-state index in [9.17, 15) is 8.78 Å². The van der Waals surface area contributed by atoms with Crippen LogP contribution in [0.5, 0.6) is 0 Å². The lowest BCUT2D eigenvalue weighted by Crippen LogP contribution is -1.93. The molecule has 0 amide bonds. The summed E-state index contributed by atoms with van der Waals surface area (Å²) >= 11 is 16.6. The number of alkyl halides is 1. The van der Waals surface area contributed by atoms with Crippen molar-refractivity contribution in [2.24, 2.45) is 0 Å². The van der Waals surface area contributed by atoms with Gasteiger partial charge in [-0.25, -0.2) is 8.78 Å². The quantitative estimate of drug-likeness (QED) is 0.598. The molecule has 1 unspecified atom stereocenters. The molecule has 0 saturated heterocycles. The van der Waals surface area contributed by atoms with Gasteiger partial charge in [0.25, 0.3) is 0 Å². The molecule has 0 N–H and O–H groups in total. The van der Waals surface area contributed by atoms with Gasteiger partial charge in [0.2, 0.25) is 0 Å². The van der Waals surface area contributed by atoms with Gasteiger partial charge in [-0.15, -0.1) is 22.9 Å². The average Bonchev–Trinajstić information content (AvgIpc) is 2.62. The molecule has 6 heteroatoms. The third kappa shape index (κ3) is 2.81. The molecule has 2 aromatic rings. The fourth-order valence-corrected chi connectivity index (χ4v) is 3.40. The van der Waals surface area contributed by atoms with E-state index in [-0.39, 0.29) is 0 Å². The maximum atomic E-state index is 13.1. The topological polar surface area (TPSA) is 0 Å². The predicted octanol–water partition coefficient (Wildman–Crippen LogP) is 5.77. The van der Waals surface area contributed by atoms with Gasteiger partial charge in [-0.3, -0.25) is 0 Å². The van der Waals surface area contributed by atoms with Gasteiger partial charge in [0.05, 0.1) is 5.38 Å². The van der Waals surface area contributed by atoms with Crippen LogP contribution in [0.2, 0.25) is 4.34 Å². The molecule has 0 bridgehead atoms. The van der Waals surface area contributed by atoms with E-state index in [4.69, 9.17) is 23.2 Å². The van der Waals surface area contributed by atoms with Crippen LogP contribution in [0, 0.1) is 11.6 Å². The summed E-state index contributed by atoms with van der Waals surface area (Å²) in [5.74, 6) is -1.79. The molecular formula is C11H5BrCl2F2S. The first kappa shape index (κ1) is 13.3. The maximum absolute atomic E-state index is 13.1. The highest BCUT2D eigenvalue weighted by molar-refractivity contribution is 9.10. The molecule has 0 saturated carbocycles. The SMILES string of the molecule is Fc1ccc(C(Cl)c2cc(Br)c(Cl)s2)cc1F. The zero-order valence-corrected chi connectivity index (χ0v) is 12.1. The Bertz CT molecular complexity index is 537. The largest absolute Gasteiger partial charge is 0.204 e. The van der Waals surface area contributed by atoms with E-state index in [1.165, 1.54) is 17.4 Å². The van der Waals surface area contributed by atoms with Gasteiger partial charge in [0.1, 0.15) is 4.34 Å². The summed E-state index contributed by atoms with van der Waals surface area (Å²) in [7, 11) is 0. The van der Waals surface area contributed by atoms with Crippen molar-refractivity contribution < 1.29 is 8.78 Å². The first-order chi connectivity index (χ1) is 7.99. The highest BCUT2D eigenvalue weighted by Crippen LogP contribution is 2.40. The number of halogens is 5. The zero-order chi connectivity index (χ0) is 12.6. The van der Waals surface area contributed by atoms with Crippen LogP contribution in [0.15, 0.2) is 28.7 Å². The summed E-state index contributed by atoms with van der Waals surface area (Å²) in [5.41, 5.74) is 0.496. The smallest absolute Gasteiger partial charge is 0.159 e. The molecule has 0 spiro atoms. The minimum atomic E-state index is -0.908. The maximum Gasteiger partial charge on any atom is 0.159 e. The standard InChI is InChI=1S/C11H5BrCl2F2S/c12-6-4-9(17-11(6)14)10(13)5-1-2-7(15)8(16)3-5/h1-4,10H. The Morgan fingerprint density at radius 1 is 1.18 bits per heavy atom. The molecule has 1 atom stereocenters. The van der Waals surface area contributed by atoms with Crippen LogP contribution in [-0.2, 0) is 0 Å². The van der Waals surface area contributed by atoms with E-state index in [1.54, 1.807) is 6.07 Å². The highest BCUT2D eigenvalue weighted by Gasteiger charge is 2.17. The van der Waals surface area contributed by atoms with Crippen LogP contribution in [0.25, 0.3) is 0 Å². The number of rotatable bonds is 2. The number of benzene rings is 1. The lowest BCUT2D eigenvalue weighted by atomic mass is 10.1. The fraction of sp³-hybridized carbons (Fsp3) is 0.0909. The zero-order valence-electron chi connectivity index (χ0n) is 8.18. The van der Waals surface area contributed by atoms with Gasteiger partial charge >= 0.3 is 0 Å². The Labute approximate surface area is 119 Å². The molecule has 1 aromatic heterocycles. The van der Waals surface area contributed by atoms with Crippen molar-refractivity contribution in [3.05, 3.63) is 55.1 Å². The van der Waals surface area contributed by atoms with Gasteiger partial charge in [-0.1, -0.05) is 17.7 Å². The van der Waals surface area contributed by atoms with Crippen molar-refractivity contribution >= 4 is 50.5 Å². The number of hydrogen-bond acceptors (Lipinski definition) is 1. The van der Waals surface area contributed by atoms with E-state index < -0.39 is 17.0 Å². The molecule has 0 aliphatic heterocycles. The molecule has 17 heavy (non-hydrogen) atoms. The first-order valence-electron chi connectivity index (χ1n) is 4.53. The van der Waals surface area contributed by atoms with Gasteiger partial charge in [0.15, 0.2) is 11.6 Å². The van der Waals surface area contributed by atoms with Crippen LogP contribution < -0.4 is 0 Å². The van der Waals surface area contributed by atoms with Crippen LogP contribution in [0.1, 0.15) is 15.8 Å². The molecule has 0 fully saturated rings. The second kappa shape index (κ2) is 5.22. The van der Waals surface area contributed by atoms with Crippen LogP contribution >= 0.6 is 50.5 Å². The molecule has 0 radical (unpaired) electrons. The number of thiophene rings is 1. The van der Waals surface area contributed by atoms with Gasteiger partial charge in [0, 0.05) is 9.35 Å². The van der Waals surface area contributed by atoms with Crippen LogP contribution in [0.4, 0.5) is 8.78 Å². The van der Waals surface area contributed by atoms with Crippen molar-refractivity contribution in [1.29, 1.82) is 0 Å². The Balaban J connectivity index is 2.36. The molecule has 0 aliphatic rings. The van der Waals surface area contributed by atoms with Crippen molar-refractivity contribution in [1.82, 2.24) is 0 Å². The lowest BCUT2D eigenvalue weighted by Gasteiger charge is -2.07. The van der Waals surface area contributed by atoms with Gasteiger partial charge in [-0.05, 0) is 39.7 Å².